The van der Waals surface area contributed by atoms with Gasteiger partial charge in [0.15, 0.2) is 11.5 Å². The molecule has 0 radical (unpaired) electrons. The summed E-state index contributed by atoms with van der Waals surface area (Å²) in [6.07, 6.45) is -0.815. The van der Waals surface area contributed by atoms with Crippen LogP contribution in [0.2, 0.25) is 0 Å². The zero-order valence-corrected chi connectivity index (χ0v) is 18.2. The van der Waals surface area contributed by atoms with E-state index in [1.165, 1.54) is 11.1 Å². The molecule has 5 nitrogen and oxygen atoms in total. The number of aliphatic hydroxyl groups is 1. The Labute approximate surface area is 182 Å². The number of ether oxygens (including phenoxy) is 2. The number of fused-ring (bicyclic) bond motifs is 1. The summed E-state index contributed by atoms with van der Waals surface area (Å²) in [5, 5.41) is 11.1. The van der Waals surface area contributed by atoms with E-state index in [1.807, 2.05) is 61.5 Å². The monoisotopic (exact) mass is 416 g/mol. The predicted molar refractivity (Wildman–Crippen MR) is 123 cm³/mol. The Morgan fingerprint density at radius 2 is 1.55 bits per heavy atom. The zero-order chi connectivity index (χ0) is 21.8. The van der Waals surface area contributed by atoms with Gasteiger partial charge in [0, 0.05) is 0 Å². The van der Waals surface area contributed by atoms with Crippen molar-refractivity contribution in [3.8, 4) is 11.5 Å². The fourth-order valence-electron chi connectivity index (χ4n) is 3.72. The van der Waals surface area contributed by atoms with Gasteiger partial charge < -0.3 is 19.1 Å². The van der Waals surface area contributed by atoms with E-state index in [9.17, 15) is 5.11 Å². The second kappa shape index (κ2) is 9.23. The Balaban J connectivity index is 1.66. The average molecular weight is 417 g/mol. The standard InChI is InChI=1S/C26H28N2O3/c1-4-30-23-12-8-9-13-24(23)31-15-14-28-22-17-19(3)18(2)16-21(22)27-26(28)25(29)20-10-6-5-7-11-20/h5-13,16-17,25,29H,4,14-15H2,1-3H3. The largest absolute Gasteiger partial charge is 0.490 e. The maximum atomic E-state index is 11.1. The van der Waals surface area contributed by atoms with Gasteiger partial charge in [0.2, 0.25) is 0 Å². The molecule has 0 saturated heterocycles. The van der Waals surface area contributed by atoms with Crippen molar-refractivity contribution in [2.24, 2.45) is 0 Å². The first kappa shape index (κ1) is 20.9. The van der Waals surface area contributed by atoms with Crippen LogP contribution in [0.5, 0.6) is 11.5 Å². The molecule has 0 spiro atoms. The SMILES string of the molecule is CCOc1ccccc1OCCn1c(C(O)c2ccccc2)nc2cc(C)c(C)cc21. The van der Waals surface area contributed by atoms with Crippen LogP contribution in [0.25, 0.3) is 11.0 Å². The predicted octanol–water partition coefficient (Wildman–Crippen LogP) is 5.21. The molecular weight excluding hydrogens is 388 g/mol. The summed E-state index contributed by atoms with van der Waals surface area (Å²) in [4.78, 5) is 4.80. The van der Waals surface area contributed by atoms with E-state index in [4.69, 9.17) is 14.5 Å². The topological polar surface area (TPSA) is 56.5 Å². The summed E-state index contributed by atoms with van der Waals surface area (Å²) in [7, 11) is 0. The number of hydrogen-bond acceptors (Lipinski definition) is 4. The number of aromatic nitrogens is 2. The highest BCUT2D eigenvalue weighted by molar-refractivity contribution is 5.78. The van der Waals surface area contributed by atoms with Crippen molar-refractivity contribution in [3.63, 3.8) is 0 Å². The Morgan fingerprint density at radius 1 is 0.903 bits per heavy atom. The lowest BCUT2D eigenvalue weighted by molar-refractivity contribution is 0.200. The van der Waals surface area contributed by atoms with Gasteiger partial charge >= 0.3 is 0 Å². The van der Waals surface area contributed by atoms with E-state index >= 15 is 0 Å². The first-order chi connectivity index (χ1) is 15.1. The minimum Gasteiger partial charge on any atom is -0.490 e. The fourth-order valence-corrected chi connectivity index (χ4v) is 3.72. The summed E-state index contributed by atoms with van der Waals surface area (Å²) in [5.74, 6) is 2.07. The van der Waals surface area contributed by atoms with Gasteiger partial charge in [-0.25, -0.2) is 4.98 Å². The summed E-state index contributed by atoms with van der Waals surface area (Å²) in [5.41, 5.74) is 5.06. The Bertz CT molecular complexity index is 1170. The summed E-state index contributed by atoms with van der Waals surface area (Å²) < 4.78 is 13.8. The molecule has 1 atom stereocenters. The maximum absolute atomic E-state index is 11.1. The number of aryl methyl sites for hydroxylation is 2. The van der Waals surface area contributed by atoms with E-state index in [2.05, 4.69) is 30.5 Å². The van der Waals surface area contributed by atoms with Gasteiger partial charge in [-0.2, -0.15) is 0 Å². The summed E-state index contributed by atoms with van der Waals surface area (Å²) >= 11 is 0. The van der Waals surface area contributed by atoms with Crippen molar-refractivity contribution in [1.82, 2.24) is 9.55 Å². The number of imidazole rings is 1. The van der Waals surface area contributed by atoms with E-state index in [-0.39, 0.29) is 0 Å². The number of hydrogen-bond donors (Lipinski definition) is 1. The molecule has 0 fully saturated rings. The van der Waals surface area contributed by atoms with Crippen molar-refractivity contribution in [2.45, 2.75) is 33.4 Å². The van der Waals surface area contributed by atoms with Crippen LogP contribution >= 0.6 is 0 Å². The molecule has 1 heterocycles. The molecule has 4 aromatic rings. The molecule has 0 saturated carbocycles. The Morgan fingerprint density at radius 3 is 2.26 bits per heavy atom. The minimum atomic E-state index is -0.815. The van der Waals surface area contributed by atoms with Crippen LogP contribution in [0.3, 0.4) is 0 Å². The molecule has 1 aromatic heterocycles. The molecule has 0 aliphatic rings. The highest BCUT2D eigenvalue weighted by atomic mass is 16.5. The second-order valence-electron chi connectivity index (χ2n) is 7.59. The number of rotatable bonds is 8. The molecule has 3 aromatic carbocycles. The van der Waals surface area contributed by atoms with Crippen molar-refractivity contribution in [3.05, 3.63) is 89.2 Å². The number of nitrogens with zero attached hydrogens (tertiary/aromatic N) is 2. The number of para-hydroxylation sites is 2. The molecule has 1 N–H and O–H groups in total. The lowest BCUT2D eigenvalue weighted by atomic mass is 10.1. The van der Waals surface area contributed by atoms with Crippen LogP contribution in [0.4, 0.5) is 0 Å². The quantitative estimate of drug-likeness (QED) is 0.428. The zero-order valence-electron chi connectivity index (χ0n) is 18.2. The first-order valence-electron chi connectivity index (χ1n) is 10.6. The maximum Gasteiger partial charge on any atom is 0.161 e. The van der Waals surface area contributed by atoms with Gasteiger partial charge in [-0.1, -0.05) is 42.5 Å². The first-order valence-corrected chi connectivity index (χ1v) is 10.6. The van der Waals surface area contributed by atoms with Gasteiger partial charge in [0.1, 0.15) is 18.5 Å². The van der Waals surface area contributed by atoms with Crippen molar-refractivity contribution < 1.29 is 14.6 Å². The highest BCUT2D eigenvalue weighted by Gasteiger charge is 2.20. The smallest absolute Gasteiger partial charge is 0.161 e. The third kappa shape index (κ3) is 4.42. The fraction of sp³-hybridized carbons (Fsp3) is 0.269. The van der Waals surface area contributed by atoms with Crippen molar-refractivity contribution in [1.29, 1.82) is 0 Å². The number of benzene rings is 3. The molecule has 0 bridgehead atoms. The van der Waals surface area contributed by atoms with Gasteiger partial charge in [0.05, 0.1) is 24.2 Å². The van der Waals surface area contributed by atoms with E-state index in [0.717, 1.165) is 22.3 Å². The third-order valence-electron chi connectivity index (χ3n) is 5.47. The highest BCUT2D eigenvalue weighted by Crippen LogP contribution is 2.29. The Hall–Kier alpha value is -3.31. The molecule has 31 heavy (non-hydrogen) atoms. The molecular formula is C26H28N2O3. The molecule has 1 unspecified atom stereocenters. The van der Waals surface area contributed by atoms with Crippen molar-refractivity contribution in [2.75, 3.05) is 13.2 Å². The molecule has 160 valence electrons. The van der Waals surface area contributed by atoms with E-state index in [1.54, 1.807) is 0 Å². The molecule has 0 amide bonds. The Kier molecular flexibility index (Phi) is 6.23. The van der Waals surface area contributed by atoms with Crippen LogP contribution in [0.15, 0.2) is 66.7 Å². The van der Waals surface area contributed by atoms with Crippen LogP contribution in [0.1, 0.15) is 35.5 Å². The van der Waals surface area contributed by atoms with Gasteiger partial charge in [-0.05, 0) is 61.7 Å². The molecule has 0 aliphatic heterocycles. The third-order valence-corrected chi connectivity index (χ3v) is 5.47. The van der Waals surface area contributed by atoms with Gasteiger partial charge in [-0.15, -0.1) is 0 Å². The van der Waals surface area contributed by atoms with Crippen LogP contribution in [0, 0.1) is 13.8 Å². The molecule has 0 aliphatic carbocycles. The number of aliphatic hydroxyl groups excluding tert-OH is 1. The van der Waals surface area contributed by atoms with E-state index < -0.39 is 6.10 Å². The normalized spacial score (nSPS) is 12.1. The second-order valence-corrected chi connectivity index (χ2v) is 7.59. The summed E-state index contributed by atoms with van der Waals surface area (Å²) in [6.45, 7) is 7.69. The van der Waals surface area contributed by atoms with Crippen LogP contribution in [-0.2, 0) is 6.54 Å². The molecule has 4 rings (SSSR count). The molecule has 5 heteroatoms. The van der Waals surface area contributed by atoms with Crippen LogP contribution < -0.4 is 9.47 Å². The average Bonchev–Trinajstić information content (AvgIpc) is 3.12. The lowest BCUT2D eigenvalue weighted by Crippen LogP contribution is -2.15. The summed E-state index contributed by atoms with van der Waals surface area (Å²) in [6, 6.07) is 21.5. The van der Waals surface area contributed by atoms with Gasteiger partial charge in [0.25, 0.3) is 0 Å². The minimum absolute atomic E-state index is 0.428. The lowest BCUT2D eigenvalue weighted by Gasteiger charge is -2.16. The van der Waals surface area contributed by atoms with E-state index in [0.29, 0.717) is 31.3 Å². The van der Waals surface area contributed by atoms with Crippen LogP contribution in [-0.4, -0.2) is 27.9 Å². The van der Waals surface area contributed by atoms with Crippen molar-refractivity contribution >= 4 is 11.0 Å². The van der Waals surface area contributed by atoms with Gasteiger partial charge in [-0.3, -0.25) is 0 Å².